The van der Waals surface area contributed by atoms with Crippen molar-refractivity contribution in [3.05, 3.63) is 120 Å². The van der Waals surface area contributed by atoms with Gasteiger partial charge in [0.25, 0.3) is 5.56 Å². The minimum absolute atomic E-state index is 0.265. The number of halogens is 3. The molecule has 0 N–H and O–H groups in total. The summed E-state index contributed by atoms with van der Waals surface area (Å²) in [5.74, 6) is 1.77. The lowest BCUT2D eigenvalue weighted by Gasteiger charge is -2.15. The fourth-order valence-electron chi connectivity index (χ4n) is 4.44. The number of furan rings is 1. The number of ether oxygens (including phenoxy) is 2. The van der Waals surface area contributed by atoms with Crippen LogP contribution in [0, 0.1) is 0 Å². The van der Waals surface area contributed by atoms with Gasteiger partial charge >= 0.3 is 0 Å². The van der Waals surface area contributed by atoms with Gasteiger partial charge in [-0.1, -0.05) is 51.8 Å². The van der Waals surface area contributed by atoms with Crippen molar-refractivity contribution in [2.75, 3.05) is 6.61 Å². The molecule has 42 heavy (non-hydrogen) atoms. The Hall–Kier alpha value is -3.92. The summed E-state index contributed by atoms with van der Waals surface area (Å²) < 4.78 is 21.0. The van der Waals surface area contributed by atoms with Crippen molar-refractivity contribution in [3.63, 3.8) is 0 Å². The number of para-hydroxylation sites is 1. The molecule has 0 fully saturated rings. The predicted octanol–water partition coefficient (Wildman–Crippen LogP) is 8.85. The maximum absolute atomic E-state index is 13.6. The maximum atomic E-state index is 13.6. The molecule has 0 atom stereocenters. The summed E-state index contributed by atoms with van der Waals surface area (Å²) in [6.07, 6.45) is 1.58. The molecular formula is C32H22Br2ClN3O4. The molecule has 10 heteroatoms. The van der Waals surface area contributed by atoms with Gasteiger partial charge in [-0.3, -0.25) is 4.79 Å². The van der Waals surface area contributed by atoms with Crippen molar-refractivity contribution in [2.45, 2.75) is 13.5 Å². The van der Waals surface area contributed by atoms with Crippen LogP contribution in [-0.2, 0) is 6.61 Å². The van der Waals surface area contributed by atoms with Crippen LogP contribution in [0.3, 0.4) is 0 Å². The monoisotopic (exact) mass is 705 g/mol. The second kappa shape index (κ2) is 12.1. The van der Waals surface area contributed by atoms with Crippen LogP contribution < -0.4 is 15.0 Å². The minimum Gasteiger partial charge on any atom is -0.490 e. The van der Waals surface area contributed by atoms with Gasteiger partial charge in [0.2, 0.25) is 5.82 Å². The standard InChI is InChI=1S/C32H22Br2ClN3O4/c1-2-40-28-14-20(13-25(34)30(28)41-18-19-7-9-22(33)10-8-19)17-36-38-31(37-26-6-4-3-5-24(26)32(38)39)29-16-21-15-23(35)11-12-27(21)42-29/h3-17H,2,18H2,1H3. The van der Waals surface area contributed by atoms with E-state index in [1.807, 2.05) is 49.4 Å². The van der Waals surface area contributed by atoms with Gasteiger partial charge in [-0.05, 0) is 94.6 Å². The second-order valence-corrected chi connectivity index (χ2v) is 11.5. The van der Waals surface area contributed by atoms with Gasteiger partial charge in [0.15, 0.2) is 17.3 Å². The highest BCUT2D eigenvalue weighted by molar-refractivity contribution is 9.10. The molecular weight excluding hydrogens is 686 g/mol. The predicted molar refractivity (Wildman–Crippen MR) is 173 cm³/mol. The lowest BCUT2D eigenvalue weighted by molar-refractivity contribution is 0.267. The Kier molecular flexibility index (Phi) is 8.15. The van der Waals surface area contributed by atoms with Crippen LogP contribution in [0.1, 0.15) is 18.1 Å². The molecule has 0 saturated heterocycles. The van der Waals surface area contributed by atoms with E-state index < -0.39 is 0 Å². The molecule has 0 unspecified atom stereocenters. The number of nitrogens with zero attached hydrogens (tertiary/aromatic N) is 3. The highest BCUT2D eigenvalue weighted by Gasteiger charge is 2.17. The molecule has 0 saturated carbocycles. The molecule has 6 rings (SSSR count). The van der Waals surface area contributed by atoms with Gasteiger partial charge in [-0.2, -0.15) is 9.78 Å². The first-order chi connectivity index (χ1) is 20.4. The fraction of sp³-hybridized carbons (Fsp3) is 0.0938. The van der Waals surface area contributed by atoms with E-state index >= 15 is 0 Å². The van der Waals surface area contributed by atoms with E-state index in [1.54, 1.807) is 48.7 Å². The summed E-state index contributed by atoms with van der Waals surface area (Å²) >= 11 is 13.3. The lowest BCUT2D eigenvalue weighted by atomic mass is 10.2. The van der Waals surface area contributed by atoms with Crippen LogP contribution in [0.25, 0.3) is 33.5 Å². The number of benzene rings is 4. The molecule has 0 aliphatic rings. The summed E-state index contributed by atoms with van der Waals surface area (Å²) in [6.45, 7) is 2.71. The maximum Gasteiger partial charge on any atom is 0.282 e. The first-order valence-electron chi connectivity index (χ1n) is 13.0. The number of fused-ring (bicyclic) bond motifs is 2. The van der Waals surface area contributed by atoms with E-state index in [1.165, 1.54) is 4.68 Å². The molecule has 7 nitrogen and oxygen atoms in total. The van der Waals surface area contributed by atoms with Crippen molar-refractivity contribution in [1.29, 1.82) is 0 Å². The summed E-state index contributed by atoms with van der Waals surface area (Å²) in [4.78, 5) is 18.4. The van der Waals surface area contributed by atoms with Gasteiger partial charge in [0.1, 0.15) is 12.2 Å². The Labute approximate surface area is 262 Å². The van der Waals surface area contributed by atoms with Crippen molar-refractivity contribution in [1.82, 2.24) is 9.66 Å². The first kappa shape index (κ1) is 28.2. The molecule has 2 heterocycles. The Balaban J connectivity index is 1.40. The second-order valence-electron chi connectivity index (χ2n) is 9.29. The molecule has 0 amide bonds. The number of hydrogen-bond acceptors (Lipinski definition) is 6. The van der Waals surface area contributed by atoms with Crippen molar-refractivity contribution < 1.29 is 13.9 Å². The third-order valence-electron chi connectivity index (χ3n) is 6.40. The summed E-state index contributed by atoms with van der Waals surface area (Å²) in [6, 6.07) is 25.8. The summed E-state index contributed by atoms with van der Waals surface area (Å²) in [7, 11) is 0. The van der Waals surface area contributed by atoms with Crippen LogP contribution in [0.2, 0.25) is 5.02 Å². The quantitative estimate of drug-likeness (QED) is 0.148. The molecule has 2 aromatic heterocycles. The van der Waals surface area contributed by atoms with Gasteiger partial charge < -0.3 is 13.9 Å². The van der Waals surface area contributed by atoms with Gasteiger partial charge in [-0.15, -0.1) is 0 Å². The highest BCUT2D eigenvalue weighted by Crippen LogP contribution is 2.37. The number of hydrogen-bond donors (Lipinski definition) is 0. The average molecular weight is 708 g/mol. The van der Waals surface area contributed by atoms with Gasteiger partial charge in [-0.25, -0.2) is 4.98 Å². The van der Waals surface area contributed by atoms with Crippen LogP contribution in [0.4, 0.5) is 0 Å². The molecule has 4 aromatic carbocycles. The van der Waals surface area contributed by atoms with Crippen molar-refractivity contribution in [3.8, 4) is 23.1 Å². The van der Waals surface area contributed by atoms with Crippen LogP contribution in [0.15, 0.2) is 108 Å². The highest BCUT2D eigenvalue weighted by atomic mass is 79.9. The third kappa shape index (κ3) is 5.86. The van der Waals surface area contributed by atoms with Crippen LogP contribution in [0.5, 0.6) is 11.5 Å². The Morgan fingerprint density at radius 3 is 2.62 bits per heavy atom. The van der Waals surface area contributed by atoms with Crippen molar-refractivity contribution in [2.24, 2.45) is 5.10 Å². The fourth-order valence-corrected chi connectivity index (χ4v) is 5.46. The van der Waals surface area contributed by atoms with Crippen LogP contribution >= 0.6 is 43.5 Å². The number of aromatic nitrogens is 2. The van der Waals surface area contributed by atoms with E-state index in [0.717, 1.165) is 15.4 Å². The van der Waals surface area contributed by atoms with E-state index in [0.29, 0.717) is 62.0 Å². The normalized spacial score (nSPS) is 11.5. The summed E-state index contributed by atoms with van der Waals surface area (Å²) in [5, 5.41) is 6.38. The van der Waals surface area contributed by atoms with Gasteiger partial charge in [0.05, 0.1) is 28.2 Å². The SMILES string of the molecule is CCOc1cc(C=Nn2c(-c3cc4cc(Cl)ccc4o3)nc3ccccc3c2=O)cc(Br)c1OCc1ccc(Br)cc1. The Bertz CT molecular complexity index is 2020. The molecule has 210 valence electrons. The van der Waals surface area contributed by atoms with Crippen LogP contribution in [-0.4, -0.2) is 22.5 Å². The lowest BCUT2D eigenvalue weighted by Crippen LogP contribution is -2.20. The van der Waals surface area contributed by atoms with Gasteiger partial charge in [0, 0.05) is 14.9 Å². The molecule has 0 bridgehead atoms. The average Bonchev–Trinajstić information content (AvgIpc) is 3.40. The molecule has 6 aromatic rings. The zero-order valence-electron chi connectivity index (χ0n) is 22.2. The number of rotatable bonds is 8. The van der Waals surface area contributed by atoms with E-state index in [4.69, 9.17) is 30.5 Å². The first-order valence-corrected chi connectivity index (χ1v) is 14.9. The van der Waals surface area contributed by atoms with E-state index in [2.05, 4.69) is 37.0 Å². The topological polar surface area (TPSA) is 78.9 Å². The zero-order valence-corrected chi connectivity index (χ0v) is 26.1. The molecule has 0 aliphatic carbocycles. The third-order valence-corrected chi connectivity index (χ3v) is 7.76. The van der Waals surface area contributed by atoms with E-state index in [9.17, 15) is 4.79 Å². The Morgan fingerprint density at radius 1 is 1.00 bits per heavy atom. The minimum atomic E-state index is -0.330. The van der Waals surface area contributed by atoms with Crippen molar-refractivity contribution >= 4 is 71.5 Å². The Morgan fingerprint density at radius 2 is 1.81 bits per heavy atom. The molecule has 0 aliphatic heterocycles. The molecule has 0 spiro atoms. The smallest absolute Gasteiger partial charge is 0.282 e. The molecule has 0 radical (unpaired) electrons. The zero-order chi connectivity index (χ0) is 29.2. The van der Waals surface area contributed by atoms with E-state index in [-0.39, 0.29) is 11.4 Å². The summed E-state index contributed by atoms with van der Waals surface area (Å²) in [5.41, 5.74) is 2.53. The largest absolute Gasteiger partial charge is 0.490 e.